The average Bonchev–Trinajstić information content (AvgIpc) is 2.96. The van der Waals surface area contributed by atoms with Gasteiger partial charge in [0.25, 0.3) is 0 Å². The summed E-state index contributed by atoms with van der Waals surface area (Å²) in [4.78, 5) is 0. The zero-order chi connectivity index (χ0) is 13.2. The average molecular weight is 254 g/mol. The summed E-state index contributed by atoms with van der Waals surface area (Å²) in [6.45, 7) is 4.32. The van der Waals surface area contributed by atoms with Gasteiger partial charge >= 0.3 is 0 Å². The summed E-state index contributed by atoms with van der Waals surface area (Å²) in [6.07, 6.45) is 2.96. The molecule has 0 spiro atoms. The SMILES string of the molecule is Cc1ccc(N/N=C\c2ccc([C@@H]3C[C@H]3C)o2)cc1. The largest absolute Gasteiger partial charge is 0.460 e. The highest BCUT2D eigenvalue weighted by Gasteiger charge is 2.36. The van der Waals surface area contributed by atoms with Gasteiger partial charge in [-0.2, -0.15) is 5.10 Å². The Morgan fingerprint density at radius 2 is 1.95 bits per heavy atom. The minimum Gasteiger partial charge on any atom is -0.460 e. The van der Waals surface area contributed by atoms with Gasteiger partial charge in [-0.05, 0) is 43.5 Å². The zero-order valence-corrected chi connectivity index (χ0v) is 11.3. The van der Waals surface area contributed by atoms with E-state index in [1.165, 1.54) is 12.0 Å². The van der Waals surface area contributed by atoms with Gasteiger partial charge in [0.15, 0.2) is 0 Å². The van der Waals surface area contributed by atoms with E-state index in [1.807, 2.05) is 18.2 Å². The molecular weight excluding hydrogens is 236 g/mol. The van der Waals surface area contributed by atoms with Crippen molar-refractivity contribution >= 4 is 11.9 Å². The van der Waals surface area contributed by atoms with E-state index >= 15 is 0 Å². The summed E-state index contributed by atoms with van der Waals surface area (Å²) in [5.74, 6) is 3.27. The molecule has 1 saturated carbocycles. The first kappa shape index (κ1) is 12.0. The van der Waals surface area contributed by atoms with Crippen LogP contribution < -0.4 is 5.43 Å². The minimum atomic E-state index is 0.618. The molecule has 0 unspecified atom stereocenters. The Morgan fingerprint density at radius 3 is 2.63 bits per heavy atom. The number of benzene rings is 1. The van der Waals surface area contributed by atoms with Crippen LogP contribution in [0.5, 0.6) is 0 Å². The summed E-state index contributed by atoms with van der Waals surface area (Å²) in [6, 6.07) is 12.1. The Balaban J connectivity index is 1.60. The molecule has 1 aromatic heterocycles. The molecule has 19 heavy (non-hydrogen) atoms. The molecule has 2 aromatic rings. The molecular formula is C16H18N2O. The molecule has 0 bridgehead atoms. The van der Waals surface area contributed by atoms with Crippen molar-refractivity contribution in [3.05, 3.63) is 53.5 Å². The second-order valence-corrected chi connectivity index (χ2v) is 5.30. The Labute approximate surface area is 113 Å². The molecule has 3 rings (SSSR count). The molecule has 2 atom stereocenters. The van der Waals surface area contributed by atoms with Gasteiger partial charge in [-0.15, -0.1) is 0 Å². The Kier molecular flexibility index (Phi) is 3.11. The number of nitrogens with zero attached hydrogens (tertiary/aromatic N) is 1. The molecule has 0 aliphatic heterocycles. The first-order valence-electron chi connectivity index (χ1n) is 6.68. The van der Waals surface area contributed by atoms with Gasteiger partial charge in [-0.25, -0.2) is 0 Å². The van der Waals surface area contributed by atoms with Crippen LogP contribution in [0, 0.1) is 12.8 Å². The lowest BCUT2D eigenvalue weighted by Gasteiger charge is -1.99. The fraction of sp³-hybridized carbons (Fsp3) is 0.312. The smallest absolute Gasteiger partial charge is 0.147 e. The number of hydrazone groups is 1. The van der Waals surface area contributed by atoms with Crippen LogP contribution in [0.25, 0.3) is 0 Å². The van der Waals surface area contributed by atoms with Crippen molar-refractivity contribution in [1.29, 1.82) is 0 Å². The zero-order valence-electron chi connectivity index (χ0n) is 11.3. The molecule has 1 aliphatic rings. The standard InChI is InChI=1S/C16H18N2O/c1-11-3-5-13(6-4-11)18-17-10-14-7-8-16(19-14)15-9-12(15)2/h3-8,10,12,15,18H,9H2,1-2H3/b17-10-/t12-,15-/m1/s1. The van der Waals surface area contributed by atoms with Crippen LogP contribution in [0.3, 0.4) is 0 Å². The van der Waals surface area contributed by atoms with Crippen LogP contribution >= 0.6 is 0 Å². The van der Waals surface area contributed by atoms with Gasteiger partial charge < -0.3 is 4.42 Å². The normalized spacial score (nSPS) is 21.8. The third-order valence-corrected chi connectivity index (χ3v) is 3.56. The lowest BCUT2D eigenvalue weighted by atomic mass is 10.2. The quantitative estimate of drug-likeness (QED) is 0.657. The molecule has 1 aliphatic carbocycles. The van der Waals surface area contributed by atoms with Crippen molar-refractivity contribution in [3.8, 4) is 0 Å². The number of nitrogens with one attached hydrogen (secondary N) is 1. The van der Waals surface area contributed by atoms with E-state index in [1.54, 1.807) is 6.21 Å². The molecule has 1 aromatic carbocycles. The highest BCUT2D eigenvalue weighted by molar-refractivity contribution is 5.76. The third kappa shape index (κ3) is 2.87. The van der Waals surface area contributed by atoms with Gasteiger partial charge in [0.2, 0.25) is 0 Å². The highest BCUT2D eigenvalue weighted by Crippen LogP contribution is 2.47. The van der Waals surface area contributed by atoms with Crippen LogP contribution in [-0.2, 0) is 0 Å². The summed E-state index contributed by atoms with van der Waals surface area (Å²) in [5, 5.41) is 4.18. The number of rotatable bonds is 4. The first-order valence-corrected chi connectivity index (χ1v) is 6.68. The second kappa shape index (κ2) is 4.92. The van der Waals surface area contributed by atoms with E-state index < -0.39 is 0 Å². The number of hydrogen-bond donors (Lipinski definition) is 1. The minimum absolute atomic E-state index is 0.618. The van der Waals surface area contributed by atoms with E-state index in [-0.39, 0.29) is 0 Å². The molecule has 0 saturated heterocycles. The van der Waals surface area contributed by atoms with E-state index in [0.29, 0.717) is 5.92 Å². The summed E-state index contributed by atoms with van der Waals surface area (Å²) >= 11 is 0. The lowest BCUT2D eigenvalue weighted by Crippen LogP contribution is -1.89. The predicted octanol–water partition coefficient (Wildman–Crippen LogP) is 4.16. The molecule has 3 nitrogen and oxygen atoms in total. The van der Waals surface area contributed by atoms with Crippen molar-refractivity contribution in [2.75, 3.05) is 5.43 Å². The van der Waals surface area contributed by atoms with Crippen LogP contribution in [0.1, 0.15) is 36.3 Å². The first-order chi connectivity index (χ1) is 9.22. The van der Waals surface area contributed by atoms with Crippen molar-refractivity contribution in [2.24, 2.45) is 11.0 Å². The van der Waals surface area contributed by atoms with Crippen LogP contribution in [-0.4, -0.2) is 6.21 Å². The van der Waals surface area contributed by atoms with Crippen LogP contribution in [0.4, 0.5) is 5.69 Å². The molecule has 1 fully saturated rings. The summed E-state index contributed by atoms with van der Waals surface area (Å²) in [7, 11) is 0. The number of furan rings is 1. The second-order valence-electron chi connectivity index (χ2n) is 5.30. The van der Waals surface area contributed by atoms with Gasteiger partial charge in [-0.1, -0.05) is 24.6 Å². The van der Waals surface area contributed by atoms with Gasteiger partial charge in [0.1, 0.15) is 11.5 Å². The summed E-state index contributed by atoms with van der Waals surface area (Å²) < 4.78 is 5.75. The molecule has 1 N–H and O–H groups in total. The maximum atomic E-state index is 5.75. The van der Waals surface area contributed by atoms with Crippen LogP contribution in [0.15, 0.2) is 45.9 Å². The number of anilines is 1. The van der Waals surface area contributed by atoms with Crippen molar-refractivity contribution in [2.45, 2.75) is 26.2 Å². The van der Waals surface area contributed by atoms with E-state index in [4.69, 9.17) is 4.42 Å². The van der Waals surface area contributed by atoms with Crippen LogP contribution in [0.2, 0.25) is 0 Å². The maximum Gasteiger partial charge on any atom is 0.147 e. The maximum absolute atomic E-state index is 5.75. The third-order valence-electron chi connectivity index (χ3n) is 3.56. The van der Waals surface area contributed by atoms with Gasteiger partial charge in [-0.3, -0.25) is 5.43 Å². The topological polar surface area (TPSA) is 37.5 Å². The molecule has 1 heterocycles. The van der Waals surface area contributed by atoms with E-state index in [9.17, 15) is 0 Å². The predicted molar refractivity (Wildman–Crippen MR) is 77.6 cm³/mol. The highest BCUT2D eigenvalue weighted by atomic mass is 16.3. The molecule has 98 valence electrons. The van der Waals surface area contributed by atoms with Crippen molar-refractivity contribution in [1.82, 2.24) is 0 Å². The van der Waals surface area contributed by atoms with E-state index in [0.717, 1.165) is 23.1 Å². The molecule has 3 heteroatoms. The fourth-order valence-corrected chi connectivity index (χ4v) is 2.15. The Morgan fingerprint density at radius 1 is 1.21 bits per heavy atom. The Bertz CT molecular complexity index is 583. The monoisotopic (exact) mass is 254 g/mol. The lowest BCUT2D eigenvalue weighted by molar-refractivity contribution is 0.500. The van der Waals surface area contributed by atoms with Crippen molar-refractivity contribution in [3.63, 3.8) is 0 Å². The summed E-state index contributed by atoms with van der Waals surface area (Å²) in [5.41, 5.74) is 5.21. The molecule has 0 amide bonds. The molecule has 0 radical (unpaired) electrons. The number of hydrogen-bond acceptors (Lipinski definition) is 3. The van der Waals surface area contributed by atoms with E-state index in [2.05, 4.69) is 42.6 Å². The van der Waals surface area contributed by atoms with Gasteiger partial charge in [0, 0.05) is 5.92 Å². The fourth-order valence-electron chi connectivity index (χ4n) is 2.15. The van der Waals surface area contributed by atoms with Crippen molar-refractivity contribution < 1.29 is 4.42 Å². The van der Waals surface area contributed by atoms with Gasteiger partial charge in [0.05, 0.1) is 11.9 Å². The number of aryl methyl sites for hydroxylation is 1. The Hall–Kier alpha value is -2.03.